The Balaban J connectivity index is 1.96. The minimum atomic E-state index is -0.530. The number of hydrogen-bond donors (Lipinski definition) is 2. The average Bonchev–Trinajstić information content (AvgIpc) is 2.44. The van der Waals surface area contributed by atoms with Gasteiger partial charge in [0, 0.05) is 16.1 Å². The Hall–Kier alpha value is -1.56. The summed E-state index contributed by atoms with van der Waals surface area (Å²) in [5.74, 6) is 0.136. The molecular formula is C16H21FN2O2S. The van der Waals surface area contributed by atoms with Gasteiger partial charge in [0.1, 0.15) is 5.82 Å². The fourth-order valence-corrected chi connectivity index (χ4v) is 3.29. The van der Waals surface area contributed by atoms with Gasteiger partial charge in [-0.15, -0.1) is 11.8 Å². The second kappa shape index (κ2) is 6.69. The largest absolute Gasteiger partial charge is 0.348 e. The van der Waals surface area contributed by atoms with Crippen molar-refractivity contribution in [2.24, 2.45) is 5.41 Å². The lowest BCUT2D eigenvalue weighted by atomic mass is 9.96. The molecule has 0 spiro atoms. The van der Waals surface area contributed by atoms with Crippen molar-refractivity contribution in [3.05, 3.63) is 29.6 Å². The molecule has 1 atom stereocenters. The fourth-order valence-electron chi connectivity index (χ4n) is 2.19. The predicted molar refractivity (Wildman–Crippen MR) is 85.1 cm³/mol. The van der Waals surface area contributed by atoms with Gasteiger partial charge in [-0.3, -0.25) is 9.59 Å². The highest BCUT2D eigenvalue weighted by molar-refractivity contribution is 7.99. The number of nitrogens with one attached hydrogen (secondary N) is 2. The first-order chi connectivity index (χ1) is 10.3. The van der Waals surface area contributed by atoms with Crippen LogP contribution < -0.4 is 10.6 Å². The molecule has 1 aliphatic heterocycles. The summed E-state index contributed by atoms with van der Waals surface area (Å²) in [7, 11) is 0. The Morgan fingerprint density at radius 1 is 1.36 bits per heavy atom. The molecule has 0 saturated carbocycles. The molecule has 1 aliphatic rings. The first kappa shape index (κ1) is 16.8. The number of hydrogen-bond acceptors (Lipinski definition) is 3. The summed E-state index contributed by atoms with van der Waals surface area (Å²) < 4.78 is 13.4. The minimum Gasteiger partial charge on any atom is -0.348 e. The van der Waals surface area contributed by atoms with E-state index < -0.39 is 5.41 Å². The SMILES string of the molecule is CC(C)(C)C(=O)NCC(=O)NC1CCSc2ccc(F)cc21. The summed E-state index contributed by atoms with van der Waals surface area (Å²) in [6.07, 6.45) is 0.750. The lowest BCUT2D eigenvalue weighted by molar-refractivity contribution is -0.131. The van der Waals surface area contributed by atoms with Gasteiger partial charge in [0.2, 0.25) is 11.8 Å². The summed E-state index contributed by atoms with van der Waals surface area (Å²) in [5.41, 5.74) is 0.282. The van der Waals surface area contributed by atoms with E-state index in [9.17, 15) is 14.0 Å². The van der Waals surface area contributed by atoms with E-state index in [0.717, 1.165) is 22.6 Å². The van der Waals surface area contributed by atoms with Crippen molar-refractivity contribution in [3.63, 3.8) is 0 Å². The molecule has 6 heteroatoms. The lowest BCUT2D eigenvalue weighted by Gasteiger charge is -2.26. The number of carbonyl (C=O) groups excluding carboxylic acids is 2. The van der Waals surface area contributed by atoms with Crippen LogP contribution in [0.3, 0.4) is 0 Å². The van der Waals surface area contributed by atoms with Gasteiger partial charge in [-0.1, -0.05) is 20.8 Å². The molecule has 1 aromatic carbocycles. The van der Waals surface area contributed by atoms with Crippen LogP contribution in [0.15, 0.2) is 23.1 Å². The number of amides is 2. The fraction of sp³-hybridized carbons (Fsp3) is 0.500. The molecule has 120 valence electrons. The molecule has 1 unspecified atom stereocenters. The van der Waals surface area contributed by atoms with Crippen molar-refractivity contribution in [2.45, 2.75) is 38.1 Å². The molecule has 4 nitrogen and oxygen atoms in total. The van der Waals surface area contributed by atoms with Gasteiger partial charge in [0.05, 0.1) is 12.6 Å². The van der Waals surface area contributed by atoms with Crippen LogP contribution in [0.4, 0.5) is 4.39 Å². The maximum atomic E-state index is 13.4. The molecule has 2 rings (SSSR count). The van der Waals surface area contributed by atoms with Crippen molar-refractivity contribution in [1.29, 1.82) is 0 Å². The molecule has 2 amide bonds. The van der Waals surface area contributed by atoms with Gasteiger partial charge in [-0.2, -0.15) is 0 Å². The van der Waals surface area contributed by atoms with Crippen molar-refractivity contribution in [3.8, 4) is 0 Å². The first-order valence-electron chi connectivity index (χ1n) is 7.27. The molecule has 0 aliphatic carbocycles. The van der Waals surface area contributed by atoms with Crippen molar-refractivity contribution < 1.29 is 14.0 Å². The third kappa shape index (κ3) is 4.22. The van der Waals surface area contributed by atoms with Gasteiger partial charge in [-0.05, 0) is 30.2 Å². The second-order valence-corrected chi connectivity index (χ2v) is 7.51. The van der Waals surface area contributed by atoms with Crippen LogP contribution >= 0.6 is 11.8 Å². The number of carbonyl (C=O) groups is 2. The van der Waals surface area contributed by atoms with Crippen LogP contribution in [0.25, 0.3) is 0 Å². The zero-order valence-corrected chi connectivity index (χ0v) is 13.8. The van der Waals surface area contributed by atoms with Gasteiger partial charge in [0.25, 0.3) is 0 Å². The minimum absolute atomic E-state index is 0.0651. The van der Waals surface area contributed by atoms with Crippen LogP contribution in [0.2, 0.25) is 0 Å². The third-order valence-electron chi connectivity index (χ3n) is 3.44. The Morgan fingerprint density at radius 2 is 2.09 bits per heavy atom. The first-order valence-corrected chi connectivity index (χ1v) is 8.26. The summed E-state index contributed by atoms with van der Waals surface area (Å²) in [6, 6.07) is 4.44. The van der Waals surface area contributed by atoms with Crippen LogP contribution in [-0.2, 0) is 9.59 Å². The second-order valence-electron chi connectivity index (χ2n) is 6.37. The standard InChI is InChI=1S/C16H21FN2O2S/c1-16(2,3)15(21)18-9-14(20)19-12-6-7-22-13-5-4-10(17)8-11(12)13/h4-5,8,12H,6-7,9H2,1-3H3,(H,18,21)(H,19,20). The maximum Gasteiger partial charge on any atom is 0.239 e. The Bertz CT molecular complexity index is 584. The zero-order chi connectivity index (χ0) is 16.3. The van der Waals surface area contributed by atoms with Gasteiger partial charge >= 0.3 is 0 Å². The summed E-state index contributed by atoms with van der Waals surface area (Å²) in [6.45, 7) is 5.30. The van der Waals surface area contributed by atoms with Crippen LogP contribution in [0, 0.1) is 11.2 Å². The van der Waals surface area contributed by atoms with Gasteiger partial charge < -0.3 is 10.6 Å². The molecule has 0 aromatic heterocycles. The Morgan fingerprint density at radius 3 is 2.77 bits per heavy atom. The molecule has 0 fully saturated rings. The summed E-state index contributed by atoms with van der Waals surface area (Å²) in [5, 5.41) is 5.49. The van der Waals surface area contributed by atoms with E-state index in [1.807, 2.05) is 0 Å². The highest BCUT2D eigenvalue weighted by Crippen LogP contribution is 2.36. The van der Waals surface area contributed by atoms with Crippen LogP contribution in [0.5, 0.6) is 0 Å². The third-order valence-corrected chi connectivity index (χ3v) is 4.56. The molecule has 1 heterocycles. The molecular weight excluding hydrogens is 303 g/mol. The molecule has 2 N–H and O–H groups in total. The van der Waals surface area contributed by atoms with Crippen molar-refractivity contribution in [1.82, 2.24) is 10.6 Å². The molecule has 1 aromatic rings. The quantitative estimate of drug-likeness (QED) is 0.899. The molecule has 22 heavy (non-hydrogen) atoms. The maximum absolute atomic E-state index is 13.4. The van der Waals surface area contributed by atoms with E-state index in [1.165, 1.54) is 12.1 Å². The zero-order valence-electron chi connectivity index (χ0n) is 13.0. The average molecular weight is 324 g/mol. The number of thioether (sulfide) groups is 1. The van der Waals surface area contributed by atoms with E-state index in [2.05, 4.69) is 10.6 Å². The van der Waals surface area contributed by atoms with E-state index in [-0.39, 0.29) is 30.2 Å². The number of fused-ring (bicyclic) bond motifs is 1. The molecule has 0 saturated heterocycles. The number of halogens is 1. The van der Waals surface area contributed by atoms with Crippen LogP contribution in [0.1, 0.15) is 38.8 Å². The molecule has 0 bridgehead atoms. The van der Waals surface area contributed by atoms with Crippen molar-refractivity contribution >= 4 is 23.6 Å². The monoisotopic (exact) mass is 324 g/mol. The van der Waals surface area contributed by atoms with Crippen LogP contribution in [-0.4, -0.2) is 24.1 Å². The van der Waals surface area contributed by atoms with E-state index in [1.54, 1.807) is 38.6 Å². The predicted octanol–water partition coefficient (Wildman–Crippen LogP) is 2.64. The smallest absolute Gasteiger partial charge is 0.239 e. The summed E-state index contributed by atoms with van der Waals surface area (Å²) in [4.78, 5) is 24.8. The lowest BCUT2D eigenvalue weighted by Crippen LogP contribution is -2.43. The van der Waals surface area contributed by atoms with E-state index >= 15 is 0 Å². The highest BCUT2D eigenvalue weighted by Gasteiger charge is 2.24. The van der Waals surface area contributed by atoms with E-state index in [4.69, 9.17) is 0 Å². The topological polar surface area (TPSA) is 58.2 Å². The normalized spacial score (nSPS) is 17.5. The highest BCUT2D eigenvalue weighted by atomic mass is 32.2. The van der Waals surface area contributed by atoms with Gasteiger partial charge in [-0.25, -0.2) is 4.39 Å². The summed E-state index contributed by atoms with van der Waals surface area (Å²) >= 11 is 1.66. The Labute approximate surface area is 134 Å². The molecule has 0 radical (unpaired) electrons. The van der Waals surface area contributed by atoms with Gasteiger partial charge in [0.15, 0.2) is 0 Å². The van der Waals surface area contributed by atoms with Crippen molar-refractivity contribution in [2.75, 3.05) is 12.3 Å². The number of rotatable bonds is 3. The Kier molecular flexibility index (Phi) is 5.11. The van der Waals surface area contributed by atoms with E-state index in [0.29, 0.717) is 0 Å². The number of benzene rings is 1.